The number of benzene rings is 3. The molecule has 0 aliphatic carbocycles. The van der Waals surface area contributed by atoms with E-state index in [0.717, 1.165) is 16.5 Å². The molecular weight excluding hydrogens is 328 g/mol. The van der Waals surface area contributed by atoms with Crippen LogP contribution in [0.5, 0.6) is 0 Å². The monoisotopic (exact) mass is 348 g/mol. The van der Waals surface area contributed by atoms with E-state index in [1.54, 1.807) is 18.2 Å². The SMILES string of the molecule is CN(C)c1cccc(C(=O)NNC(=O)Nc2cccc3ccccc23)c1. The number of anilines is 2. The largest absolute Gasteiger partial charge is 0.378 e. The van der Waals surface area contributed by atoms with Gasteiger partial charge in [-0.25, -0.2) is 10.2 Å². The Labute approximate surface area is 151 Å². The minimum atomic E-state index is -0.515. The van der Waals surface area contributed by atoms with E-state index in [1.807, 2.05) is 67.5 Å². The van der Waals surface area contributed by atoms with E-state index in [4.69, 9.17) is 0 Å². The van der Waals surface area contributed by atoms with Gasteiger partial charge in [0.15, 0.2) is 0 Å². The lowest BCUT2D eigenvalue weighted by Crippen LogP contribution is -2.43. The van der Waals surface area contributed by atoms with Crippen LogP contribution in [0.15, 0.2) is 66.7 Å². The molecule has 3 N–H and O–H groups in total. The second kappa shape index (κ2) is 7.57. The maximum atomic E-state index is 12.2. The van der Waals surface area contributed by atoms with Crippen molar-refractivity contribution in [2.45, 2.75) is 0 Å². The van der Waals surface area contributed by atoms with Crippen LogP contribution < -0.4 is 21.1 Å². The van der Waals surface area contributed by atoms with Crippen molar-refractivity contribution in [1.29, 1.82) is 0 Å². The Bertz CT molecular complexity index is 948. The first-order chi connectivity index (χ1) is 12.5. The molecule has 0 heterocycles. The number of nitrogens with zero attached hydrogens (tertiary/aromatic N) is 1. The Hall–Kier alpha value is -3.54. The van der Waals surface area contributed by atoms with Crippen LogP contribution in [-0.4, -0.2) is 26.0 Å². The highest BCUT2D eigenvalue weighted by Gasteiger charge is 2.09. The van der Waals surface area contributed by atoms with E-state index >= 15 is 0 Å². The lowest BCUT2D eigenvalue weighted by Gasteiger charge is -2.14. The third-order valence-electron chi connectivity index (χ3n) is 3.95. The maximum Gasteiger partial charge on any atom is 0.337 e. The van der Waals surface area contributed by atoms with Gasteiger partial charge in [0.2, 0.25) is 0 Å². The minimum absolute atomic E-state index is 0.387. The summed E-state index contributed by atoms with van der Waals surface area (Å²) in [5.74, 6) is -0.387. The topological polar surface area (TPSA) is 73.5 Å². The Morgan fingerprint density at radius 2 is 1.58 bits per heavy atom. The van der Waals surface area contributed by atoms with E-state index in [1.165, 1.54) is 0 Å². The van der Waals surface area contributed by atoms with Crippen molar-refractivity contribution < 1.29 is 9.59 Å². The maximum absolute atomic E-state index is 12.2. The zero-order valence-corrected chi connectivity index (χ0v) is 14.6. The predicted octanol–water partition coefficient (Wildman–Crippen LogP) is 3.37. The van der Waals surface area contributed by atoms with E-state index < -0.39 is 6.03 Å². The second-order valence-corrected chi connectivity index (χ2v) is 6.00. The fourth-order valence-corrected chi connectivity index (χ4v) is 2.60. The second-order valence-electron chi connectivity index (χ2n) is 6.00. The molecule has 0 saturated heterocycles. The molecule has 6 nitrogen and oxygen atoms in total. The van der Waals surface area contributed by atoms with Crippen LogP contribution in [-0.2, 0) is 0 Å². The molecule has 3 aromatic rings. The molecule has 0 fully saturated rings. The fourth-order valence-electron chi connectivity index (χ4n) is 2.60. The molecule has 3 rings (SSSR count). The quantitative estimate of drug-likeness (QED) is 0.635. The van der Waals surface area contributed by atoms with E-state index in [0.29, 0.717) is 11.3 Å². The van der Waals surface area contributed by atoms with Gasteiger partial charge in [0, 0.05) is 30.7 Å². The highest BCUT2D eigenvalue weighted by Crippen LogP contribution is 2.22. The van der Waals surface area contributed by atoms with Crippen LogP contribution in [0.2, 0.25) is 0 Å². The molecule has 0 spiro atoms. The summed E-state index contributed by atoms with van der Waals surface area (Å²) in [6.07, 6.45) is 0. The van der Waals surface area contributed by atoms with Crippen LogP contribution in [0.4, 0.5) is 16.2 Å². The number of urea groups is 1. The summed E-state index contributed by atoms with van der Waals surface area (Å²) in [5, 5.41) is 4.70. The molecule has 3 aromatic carbocycles. The summed E-state index contributed by atoms with van der Waals surface area (Å²) in [6.45, 7) is 0. The number of fused-ring (bicyclic) bond motifs is 1. The Morgan fingerprint density at radius 3 is 2.38 bits per heavy atom. The average Bonchev–Trinajstić information content (AvgIpc) is 2.66. The first-order valence-corrected chi connectivity index (χ1v) is 8.17. The molecule has 3 amide bonds. The van der Waals surface area contributed by atoms with Crippen LogP contribution in [0.1, 0.15) is 10.4 Å². The zero-order chi connectivity index (χ0) is 18.5. The molecule has 0 saturated carbocycles. The minimum Gasteiger partial charge on any atom is -0.378 e. The van der Waals surface area contributed by atoms with Gasteiger partial charge >= 0.3 is 6.03 Å². The number of nitrogens with one attached hydrogen (secondary N) is 3. The van der Waals surface area contributed by atoms with E-state index in [-0.39, 0.29) is 5.91 Å². The standard InChI is InChI=1S/C20H20N4O2/c1-24(2)16-10-5-9-15(13-16)19(25)22-23-20(26)21-18-12-6-8-14-7-3-4-11-17(14)18/h3-13H,1-2H3,(H,22,25)(H2,21,23,26). The lowest BCUT2D eigenvalue weighted by atomic mass is 10.1. The van der Waals surface area contributed by atoms with Gasteiger partial charge in [-0.15, -0.1) is 0 Å². The summed E-state index contributed by atoms with van der Waals surface area (Å²) < 4.78 is 0. The number of hydrazine groups is 1. The van der Waals surface area contributed by atoms with Crippen molar-refractivity contribution in [1.82, 2.24) is 10.9 Å². The number of carbonyl (C=O) groups is 2. The molecule has 0 aromatic heterocycles. The summed E-state index contributed by atoms with van der Waals surface area (Å²) in [6, 6.07) is 20.0. The van der Waals surface area contributed by atoms with Crippen LogP contribution >= 0.6 is 0 Å². The van der Waals surface area contributed by atoms with Crippen LogP contribution in [0.3, 0.4) is 0 Å². The fraction of sp³-hybridized carbons (Fsp3) is 0.100. The van der Waals surface area contributed by atoms with Gasteiger partial charge in [0.05, 0.1) is 5.69 Å². The zero-order valence-electron chi connectivity index (χ0n) is 14.6. The van der Waals surface area contributed by atoms with Gasteiger partial charge < -0.3 is 10.2 Å². The van der Waals surface area contributed by atoms with Gasteiger partial charge in [-0.2, -0.15) is 0 Å². The Morgan fingerprint density at radius 1 is 0.846 bits per heavy atom. The first kappa shape index (κ1) is 17.3. The molecule has 132 valence electrons. The number of carbonyl (C=O) groups excluding carboxylic acids is 2. The first-order valence-electron chi connectivity index (χ1n) is 8.17. The number of hydrogen-bond acceptors (Lipinski definition) is 3. The number of rotatable bonds is 3. The Balaban J connectivity index is 1.63. The molecule has 0 bridgehead atoms. The highest BCUT2D eigenvalue weighted by atomic mass is 16.2. The molecule has 6 heteroatoms. The van der Waals surface area contributed by atoms with Crippen molar-refractivity contribution in [3.05, 3.63) is 72.3 Å². The summed E-state index contributed by atoms with van der Waals surface area (Å²) in [4.78, 5) is 26.2. The van der Waals surface area contributed by atoms with E-state index in [2.05, 4.69) is 16.2 Å². The third-order valence-corrected chi connectivity index (χ3v) is 3.95. The van der Waals surface area contributed by atoms with Crippen LogP contribution in [0, 0.1) is 0 Å². The predicted molar refractivity (Wildman–Crippen MR) is 104 cm³/mol. The van der Waals surface area contributed by atoms with Gasteiger partial charge in [-0.3, -0.25) is 10.2 Å². The summed E-state index contributed by atoms with van der Waals surface area (Å²) >= 11 is 0. The molecule has 0 radical (unpaired) electrons. The van der Waals surface area contributed by atoms with Gasteiger partial charge in [0.1, 0.15) is 0 Å². The number of amides is 3. The molecule has 0 unspecified atom stereocenters. The van der Waals surface area contributed by atoms with Gasteiger partial charge in [0.25, 0.3) is 5.91 Å². The van der Waals surface area contributed by atoms with E-state index in [9.17, 15) is 9.59 Å². The van der Waals surface area contributed by atoms with Crippen molar-refractivity contribution in [3.63, 3.8) is 0 Å². The molecule has 0 atom stereocenters. The van der Waals surface area contributed by atoms with Gasteiger partial charge in [-0.1, -0.05) is 42.5 Å². The van der Waals surface area contributed by atoms with Crippen LogP contribution in [0.25, 0.3) is 10.8 Å². The third kappa shape index (κ3) is 3.92. The van der Waals surface area contributed by atoms with Crippen molar-refractivity contribution in [2.75, 3.05) is 24.3 Å². The Kier molecular flexibility index (Phi) is 5.03. The summed E-state index contributed by atoms with van der Waals surface area (Å²) in [7, 11) is 3.79. The van der Waals surface area contributed by atoms with Crippen molar-refractivity contribution in [2.24, 2.45) is 0 Å². The normalized spacial score (nSPS) is 10.2. The summed E-state index contributed by atoms with van der Waals surface area (Å²) in [5.41, 5.74) is 6.82. The van der Waals surface area contributed by atoms with Crippen molar-refractivity contribution >= 4 is 34.1 Å². The highest BCUT2D eigenvalue weighted by molar-refractivity contribution is 6.02. The molecule has 26 heavy (non-hydrogen) atoms. The molecular formula is C20H20N4O2. The smallest absolute Gasteiger partial charge is 0.337 e. The molecule has 0 aliphatic rings. The molecule has 0 aliphatic heterocycles. The van der Waals surface area contributed by atoms with Crippen molar-refractivity contribution in [3.8, 4) is 0 Å². The number of hydrogen-bond donors (Lipinski definition) is 3. The van der Waals surface area contributed by atoms with Gasteiger partial charge in [-0.05, 0) is 29.7 Å². The average molecular weight is 348 g/mol. The lowest BCUT2D eigenvalue weighted by molar-refractivity contribution is 0.0938.